The molecule has 1 N–H and O–H groups in total. The van der Waals surface area contributed by atoms with Gasteiger partial charge < -0.3 is 14.6 Å². The van der Waals surface area contributed by atoms with E-state index in [1.807, 2.05) is 19.1 Å². The number of rotatable bonds is 5. The van der Waals surface area contributed by atoms with Crippen LogP contribution in [0.2, 0.25) is 0 Å². The normalized spacial score (nSPS) is 16.3. The lowest BCUT2D eigenvalue weighted by Crippen LogP contribution is -2.35. The van der Waals surface area contributed by atoms with Crippen LogP contribution in [0, 0.1) is 0 Å². The molecule has 7 nitrogen and oxygen atoms in total. The maximum absolute atomic E-state index is 13.3. The summed E-state index contributed by atoms with van der Waals surface area (Å²) in [6.45, 7) is 1.82. The van der Waals surface area contributed by atoms with Gasteiger partial charge in [0.15, 0.2) is 11.5 Å². The Morgan fingerprint density at radius 3 is 2.50 bits per heavy atom. The van der Waals surface area contributed by atoms with Gasteiger partial charge in [0.05, 0.1) is 24.8 Å². The average molecular weight is 377 g/mol. The number of carbonyl (C=O) groups is 1. The van der Waals surface area contributed by atoms with Gasteiger partial charge in [0.2, 0.25) is 0 Å². The van der Waals surface area contributed by atoms with Gasteiger partial charge in [0, 0.05) is 12.1 Å². The van der Waals surface area contributed by atoms with E-state index >= 15 is 0 Å². The van der Waals surface area contributed by atoms with Crippen molar-refractivity contribution in [3.8, 4) is 11.5 Å². The molecule has 0 radical (unpaired) electrons. The molecule has 0 spiro atoms. The molecule has 1 aliphatic heterocycles. The molecule has 8 heteroatoms. The quantitative estimate of drug-likeness (QED) is 0.861. The summed E-state index contributed by atoms with van der Waals surface area (Å²) >= 11 is 0. The molecule has 2 aromatic carbocycles. The minimum atomic E-state index is -3.98. The third kappa shape index (κ3) is 2.76. The van der Waals surface area contributed by atoms with Gasteiger partial charge in [0.1, 0.15) is 5.56 Å². The second kappa shape index (κ2) is 6.53. The molecule has 0 unspecified atom stereocenters. The number of ether oxygens (including phenoxy) is 2. The summed E-state index contributed by atoms with van der Waals surface area (Å²) in [6, 6.07) is 9.38. The second-order valence-corrected chi connectivity index (χ2v) is 7.81. The van der Waals surface area contributed by atoms with E-state index in [-0.39, 0.29) is 28.0 Å². The molecule has 2 aromatic rings. The highest BCUT2D eigenvalue weighted by Gasteiger charge is 2.37. The molecule has 3 rings (SSSR count). The number of hydrogen-bond acceptors (Lipinski definition) is 5. The highest BCUT2D eigenvalue weighted by Crippen LogP contribution is 2.40. The summed E-state index contributed by atoms with van der Waals surface area (Å²) < 4.78 is 38.1. The van der Waals surface area contributed by atoms with Crippen LogP contribution in [0.25, 0.3) is 0 Å². The smallest absolute Gasteiger partial charge is 0.339 e. The lowest BCUT2D eigenvalue weighted by molar-refractivity contribution is 0.0692. The van der Waals surface area contributed by atoms with E-state index in [1.165, 1.54) is 24.6 Å². The molecule has 0 fully saturated rings. The van der Waals surface area contributed by atoms with E-state index < -0.39 is 16.0 Å². The predicted octanol–water partition coefficient (Wildman–Crippen LogP) is 2.54. The summed E-state index contributed by atoms with van der Waals surface area (Å²) in [5, 5.41) is 9.44. The van der Waals surface area contributed by atoms with Gasteiger partial charge in [-0.25, -0.2) is 13.2 Å². The highest BCUT2D eigenvalue weighted by molar-refractivity contribution is 7.92. The number of benzene rings is 2. The molecule has 1 aliphatic rings. The zero-order valence-electron chi connectivity index (χ0n) is 14.6. The van der Waals surface area contributed by atoms with E-state index in [0.717, 1.165) is 11.6 Å². The monoisotopic (exact) mass is 377 g/mol. The Kier molecular flexibility index (Phi) is 4.53. The molecule has 1 heterocycles. The van der Waals surface area contributed by atoms with Crippen LogP contribution < -0.4 is 13.8 Å². The van der Waals surface area contributed by atoms with E-state index in [1.54, 1.807) is 12.1 Å². The van der Waals surface area contributed by atoms with Gasteiger partial charge >= 0.3 is 5.97 Å². The summed E-state index contributed by atoms with van der Waals surface area (Å²) in [6.07, 6.45) is 0.592. The SMILES string of the molecule is COc1cc(S(=O)(=O)N2c3ccccc3C[C@H]2C)cc(C(=O)O)c1OC. The first-order valence-electron chi connectivity index (χ1n) is 7.93. The molecule has 26 heavy (non-hydrogen) atoms. The van der Waals surface area contributed by atoms with Crippen LogP contribution in [0.1, 0.15) is 22.8 Å². The van der Waals surface area contributed by atoms with Crippen molar-refractivity contribution in [3.05, 3.63) is 47.5 Å². The van der Waals surface area contributed by atoms with E-state index in [0.29, 0.717) is 12.1 Å². The first kappa shape index (κ1) is 18.1. The van der Waals surface area contributed by atoms with Crippen LogP contribution in [0.4, 0.5) is 5.69 Å². The van der Waals surface area contributed by atoms with Crippen molar-refractivity contribution in [3.63, 3.8) is 0 Å². The van der Waals surface area contributed by atoms with Crippen LogP contribution in [-0.2, 0) is 16.4 Å². The van der Waals surface area contributed by atoms with Gasteiger partial charge in [-0.3, -0.25) is 4.31 Å². The first-order chi connectivity index (χ1) is 12.3. The summed E-state index contributed by atoms with van der Waals surface area (Å²) in [7, 11) is -1.35. The number of methoxy groups -OCH3 is 2. The van der Waals surface area contributed by atoms with Gasteiger partial charge in [-0.1, -0.05) is 18.2 Å². The molecule has 0 bridgehead atoms. The fraction of sp³-hybridized carbons (Fsp3) is 0.278. The fourth-order valence-electron chi connectivity index (χ4n) is 3.26. The van der Waals surface area contributed by atoms with Crippen LogP contribution in [0.3, 0.4) is 0 Å². The van der Waals surface area contributed by atoms with Crippen molar-refractivity contribution in [2.75, 3.05) is 18.5 Å². The third-order valence-corrected chi connectivity index (χ3v) is 6.29. The number of hydrogen-bond donors (Lipinski definition) is 1. The van der Waals surface area contributed by atoms with Crippen molar-refractivity contribution in [1.82, 2.24) is 0 Å². The Morgan fingerprint density at radius 1 is 1.19 bits per heavy atom. The van der Waals surface area contributed by atoms with Gasteiger partial charge in [-0.2, -0.15) is 0 Å². The topological polar surface area (TPSA) is 93.1 Å². The van der Waals surface area contributed by atoms with E-state index in [2.05, 4.69) is 0 Å². The lowest BCUT2D eigenvalue weighted by atomic mass is 10.1. The van der Waals surface area contributed by atoms with Crippen LogP contribution >= 0.6 is 0 Å². The largest absolute Gasteiger partial charge is 0.493 e. The number of carboxylic acid groups (broad SMARTS) is 1. The van der Waals surface area contributed by atoms with E-state index in [9.17, 15) is 18.3 Å². The molecule has 1 atom stereocenters. The number of anilines is 1. The van der Waals surface area contributed by atoms with Gasteiger partial charge in [0.25, 0.3) is 10.0 Å². The highest BCUT2D eigenvalue weighted by atomic mass is 32.2. The predicted molar refractivity (Wildman–Crippen MR) is 95.8 cm³/mol. The van der Waals surface area contributed by atoms with Gasteiger partial charge in [-0.15, -0.1) is 0 Å². The molecular weight excluding hydrogens is 358 g/mol. The van der Waals surface area contributed by atoms with Crippen molar-refractivity contribution in [2.45, 2.75) is 24.3 Å². The lowest BCUT2D eigenvalue weighted by Gasteiger charge is -2.25. The average Bonchev–Trinajstić information content (AvgIpc) is 2.96. The number of sulfonamides is 1. The minimum absolute atomic E-state index is 0.0196. The Balaban J connectivity index is 2.20. The zero-order chi connectivity index (χ0) is 19.1. The molecule has 0 aliphatic carbocycles. The Labute approximate surface area is 151 Å². The number of nitrogens with zero attached hydrogens (tertiary/aromatic N) is 1. The standard InChI is InChI=1S/C18H19NO6S/c1-11-8-12-6-4-5-7-15(12)19(11)26(22,23)13-9-14(18(20)21)17(25-3)16(10-13)24-2/h4-7,9-11H,8H2,1-3H3,(H,20,21)/t11-/m1/s1. The van der Waals surface area contributed by atoms with E-state index in [4.69, 9.17) is 9.47 Å². The van der Waals surface area contributed by atoms with Crippen LogP contribution in [-0.4, -0.2) is 39.8 Å². The van der Waals surface area contributed by atoms with Gasteiger partial charge in [-0.05, 0) is 31.0 Å². The molecule has 0 saturated carbocycles. The third-order valence-electron chi connectivity index (χ3n) is 4.38. The molecule has 138 valence electrons. The fourth-order valence-corrected chi connectivity index (χ4v) is 5.00. The number of aromatic carboxylic acids is 1. The second-order valence-electron chi connectivity index (χ2n) is 5.99. The Bertz CT molecular complexity index is 970. The number of fused-ring (bicyclic) bond motifs is 1. The van der Waals surface area contributed by atoms with Crippen LogP contribution in [0.5, 0.6) is 11.5 Å². The van der Waals surface area contributed by atoms with Crippen molar-refractivity contribution >= 4 is 21.7 Å². The number of para-hydroxylation sites is 1. The Morgan fingerprint density at radius 2 is 1.88 bits per heavy atom. The zero-order valence-corrected chi connectivity index (χ0v) is 15.4. The molecule has 0 amide bonds. The molecule has 0 saturated heterocycles. The van der Waals surface area contributed by atoms with Crippen molar-refractivity contribution < 1.29 is 27.8 Å². The minimum Gasteiger partial charge on any atom is -0.493 e. The maximum Gasteiger partial charge on any atom is 0.339 e. The summed E-state index contributed by atoms with van der Waals surface area (Å²) in [5.74, 6) is -1.27. The van der Waals surface area contributed by atoms with Crippen molar-refractivity contribution in [2.24, 2.45) is 0 Å². The summed E-state index contributed by atoms with van der Waals surface area (Å²) in [5.41, 5.74) is 1.26. The number of carboxylic acids is 1. The Hall–Kier alpha value is -2.74. The first-order valence-corrected chi connectivity index (χ1v) is 9.37. The summed E-state index contributed by atoms with van der Waals surface area (Å²) in [4.78, 5) is 11.4. The molecule has 0 aromatic heterocycles. The maximum atomic E-state index is 13.3. The van der Waals surface area contributed by atoms with Crippen molar-refractivity contribution in [1.29, 1.82) is 0 Å². The molecular formula is C18H19NO6S. The van der Waals surface area contributed by atoms with Crippen LogP contribution in [0.15, 0.2) is 41.3 Å².